The van der Waals surface area contributed by atoms with Crippen molar-refractivity contribution >= 4 is 16.7 Å². The lowest BCUT2D eigenvalue weighted by molar-refractivity contribution is 1.22. The van der Waals surface area contributed by atoms with E-state index in [1.54, 1.807) is 17.2 Å². The average Bonchev–Trinajstić information content (AvgIpc) is 2.47. The van der Waals surface area contributed by atoms with Gasteiger partial charge in [0.2, 0.25) is 0 Å². The highest BCUT2D eigenvalue weighted by atomic mass is 32.2. The fourth-order valence-corrected chi connectivity index (χ4v) is 1.42. The van der Waals surface area contributed by atoms with Gasteiger partial charge in [0.15, 0.2) is 0 Å². The molecule has 2 nitrogen and oxygen atoms in total. The minimum Gasteiger partial charge on any atom is -0.342 e. The van der Waals surface area contributed by atoms with Crippen LogP contribution in [0.2, 0.25) is 0 Å². The molecule has 0 saturated carbocycles. The molecule has 0 amide bonds. The summed E-state index contributed by atoms with van der Waals surface area (Å²) in [6.45, 7) is 7.64. The van der Waals surface area contributed by atoms with Gasteiger partial charge in [-0.3, -0.25) is 0 Å². The Bertz CT molecular complexity index is 299. The predicted molar refractivity (Wildman–Crippen MR) is 54.8 cm³/mol. The summed E-state index contributed by atoms with van der Waals surface area (Å²) in [6.07, 6.45) is 3.84. The first-order valence-electron chi connectivity index (χ1n) is 3.73. The first kappa shape index (κ1) is 9.13. The van der Waals surface area contributed by atoms with E-state index >= 15 is 0 Å². The summed E-state index contributed by atoms with van der Waals surface area (Å²) in [5.74, 6) is 0.917. The molecule has 0 aliphatic heterocycles. The topological polar surface area (TPSA) is 28.7 Å². The molecule has 1 N–H and O–H groups in total. The fourth-order valence-electron chi connectivity index (χ4n) is 0.888. The number of aromatic nitrogens is 2. The van der Waals surface area contributed by atoms with E-state index in [-0.39, 0.29) is 0 Å². The van der Waals surface area contributed by atoms with Gasteiger partial charge in [0.25, 0.3) is 0 Å². The molecule has 1 aromatic rings. The van der Waals surface area contributed by atoms with Crippen LogP contribution in [0.5, 0.6) is 0 Å². The predicted octanol–water partition coefficient (Wildman–Crippen LogP) is 2.96. The SMILES string of the molecule is C=CS/C(=C\C)c1ncc(C)[nH]1. The molecule has 0 radical (unpaired) electrons. The Hall–Kier alpha value is -0.960. The standard InChI is InChI=1S/C9H12N2S/c1-4-8(12-5-2)9-10-6-7(3)11-9/h4-6H,2H2,1,3H3,(H,10,11)/b8-4-. The molecule has 64 valence electrons. The van der Waals surface area contributed by atoms with Crippen LogP contribution in [0.15, 0.2) is 24.3 Å². The zero-order chi connectivity index (χ0) is 8.97. The van der Waals surface area contributed by atoms with Crippen LogP contribution in [-0.4, -0.2) is 9.97 Å². The monoisotopic (exact) mass is 180 g/mol. The Labute approximate surface area is 76.8 Å². The molecule has 3 heteroatoms. The number of nitrogens with zero attached hydrogens (tertiary/aromatic N) is 1. The van der Waals surface area contributed by atoms with Crippen LogP contribution in [0, 0.1) is 6.92 Å². The summed E-state index contributed by atoms with van der Waals surface area (Å²) < 4.78 is 0. The van der Waals surface area contributed by atoms with E-state index in [1.807, 2.05) is 26.1 Å². The number of rotatable bonds is 3. The molecule has 0 spiro atoms. The third-order valence-corrected chi connectivity index (χ3v) is 2.26. The number of hydrogen-bond acceptors (Lipinski definition) is 2. The molecule has 1 aromatic heterocycles. The Balaban J connectivity index is 2.87. The van der Waals surface area contributed by atoms with Gasteiger partial charge in [-0.05, 0) is 19.3 Å². The van der Waals surface area contributed by atoms with E-state index in [2.05, 4.69) is 16.5 Å². The first-order valence-corrected chi connectivity index (χ1v) is 4.61. The van der Waals surface area contributed by atoms with Crippen molar-refractivity contribution in [1.82, 2.24) is 9.97 Å². The lowest BCUT2D eigenvalue weighted by Gasteiger charge is -1.97. The van der Waals surface area contributed by atoms with Crippen molar-refractivity contribution in [3.05, 3.63) is 35.8 Å². The number of aromatic amines is 1. The van der Waals surface area contributed by atoms with Gasteiger partial charge in [-0.15, -0.1) is 0 Å². The van der Waals surface area contributed by atoms with Crippen LogP contribution in [0.25, 0.3) is 4.91 Å². The summed E-state index contributed by atoms with van der Waals surface area (Å²) in [4.78, 5) is 8.49. The van der Waals surface area contributed by atoms with Crippen molar-refractivity contribution in [3.8, 4) is 0 Å². The number of hydrogen-bond donors (Lipinski definition) is 1. The van der Waals surface area contributed by atoms with Crippen LogP contribution >= 0.6 is 11.8 Å². The van der Waals surface area contributed by atoms with E-state index in [9.17, 15) is 0 Å². The van der Waals surface area contributed by atoms with Gasteiger partial charge < -0.3 is 4.98 Å². The Morgan fingerprint density at radius 2 is 2.50 bits per heavy atom. The smallest absolute Gasteiger partial charge is 0.143 e. The van der Waals surface area contributed by atoms with Gasteiger partial charge in [0, 0.05) is 11.9 Å². The molecule has 0 fully saturated rings. The van der Waals surface area contributed by atoms with Crippen LogP contribution in [-0.2, 0) is 0 Å². The number of nitrogens with one attached hydrogen (secondary N) is 1. The summed E-state index contributed by atoms with van der Waals surface area (Å²) in [7, 11) is 0. The number of aryl methyl sites for hydroxylation is 1. The van der Waals surface area contributed by atoms with Gasteiger partial charge in [-0.1, -0.05) is 24.4 Å². The summed E-state index contributed by atoms with van der Waals surface area (Å²) in [5.41, 5.74) is 1.08. The minimum atomic E-state index is 0.917. The van der Waals surface area contributed by atoms with E-state index in [1.165, 1.54) is 0 Å². The van der Waals surface area contributed by atoms with Crippen molar-refractivity contribution in [3.63, 3.8) is 0 Å². The molecule has 0 saturated heterocycles. The van der Waals surface area contributed by atoms with Crippen LogP contribution in [0.1, 0.15) is 18.4 Å². The van der Waals surface area contributed by atoms with Gasteiger partial charge in [0.1, 0.15) is 5.82 Å². The zero-order valence-electron chi connectivity index (χ0n) is 7.29. The summed E-state index contributed by atoms with van der Waals surface area (Å²) in [5, 5.41) is 1.80. The third kappa shape index (κ3) is 2.01. The first-order chi connectivity index (χ1) is 5.77. The van der Waals surface area contributed by atoms with E-state index < -0.39 is 0 Å². The van der Waals surface area contributed by atoms with Crippen LogP contribution < -0.4 is 0 Å². The number of imidazole rings is 1. The highest BCUT2D eigenvalue weighted by Crippen LogP contribution is 2.24. The van der Waals surface area contributed by atoms with E-state index in [0.29, 0.717) is 0 Å². The van der Waals surface area contributed by atoms with Crippen LogP contribution in [0.3, 0.4) is 0 Å². The highest BCUT2D eigenvalue weighted by molar-refractivity contribution is 8.10. The summed E-state index contributed by atoms with van der Waals surface area (Å²) >= 11 is 1.57. The Morgan fingerprint density at radius 1 is 1.75 bits per heavy atom. The van der Waals surface area contributed by atoms with Gasteiger partial charge >= 0.3 is 0 Å². The second-order valence-corrected chi connectivity index (χ2v) is 3.36. The lowest BCUT2D eigenvalue weighted by Crippen LogP contribution is -1.81. The molecule has 0 aromatic carbocycles. The van der Waals surface area contributed by atoms with Gasteiger partial charge in [-0.25, -0.2) is 4.98 Å². The maximum atomic E-state index is 4.21. The van der Waals surface area contributed by atoms with Crippen molar-refractivity contribution < 1.29 is 0 Å². The van der Waals surface area contributed by atoms with Crippen molar-refractivity contribution in [2.75, 3.05) is 0 Å². The van der Waals surface area contributed by atoms with Crippen molar-refractivity contribution in [2.45, 2.75) is 13.8 Å². The highest BCUT2D eigenvalue weighted by Gasteiger charge is 2.01. The molecule has 0 atom stereocenters. The van der Waals surface area contributed by atoms with Gasteiger partial charge in [0.05, 0.1) is 4.91 Å². The number of H-pyrrole nitrogens is 1. The molecule has 0 aliphatic rings. The zero-order valence-corrected chi connectivity index (χ0v) is 8.11. The van der Waals surface area contributed by atoms with Crippen molar-refractivity contribution in [2.24, 2.45) is 0 Å². The molecule has 12 heavy (non-hydrogen) atoms. The average molecular weight is 180 g/mol. The van der Waals surface area contributed by atoms with Crippen LogP contribution in [0.4, 0.5) is 0 Å². The normalized spacial score (nSPS) is 11.7. The van der Waals surface area contributed by atoms with Gasteiger partial charge in [-0.2, -0.15) is 0 Å². The second kappa shape index (κ2) is 4.16. The Kier molecular flexibility index (Phi) is 3.17. The second-order valence-electron chi connectivity index (χ2n) is 2.35. The molecule has 1 heterocycles. The molecule has 1 rings (SSSR count). The number of thioether (sulfide) groups is 1. The molecular formula is C9H12N2S. The summed E-state index contributed by atoms with van der Waals surface area (Å²) in [6, 6.07) is 0. The van der Waals surface area contributed by atoms with E-state index in [4.69, 9.17) is 0 Å². The quantitative estimate of drug-likeness (QED) is 0.774. The minimum absolute atomic E-state index is 0.917. The molecule has 0 bridgehead atoms. The van der Waals surface area contributed by atoms with Crippen molar-refractivity contribution in [1.29, 1.82) is 0 Å². The largest absolute Gasteiger partial charge is 0.342 e. The molecule has 0 unspecified atom stereocenters. The maximum Gasteiger partial charge on any atom is 0.143 e. The third-order valence-electron chi connectivity index (χ3n) is 1.41. The maximum absolute atomic E-state index is 4.21. The van der Waals surface area contributed by atoms with E-state index in [0.717, 1.165) is 16.4 Å². The molecule has 0 aliphatic carbocycles. The Morgan fingerprint density at radius 3 is 2.92 bits per heavy atom. The molecular weight excluding hydrogens is 168 g/mol. The lowest BCUT2D eigenvalue weighted by atomic mass is 10.5. The fraction of sp³-hybridized carbons (Fsp3) is 0.222. The number of allylic oxidation sites excluding steroid dienone is 1.